The molecule has 262 valence electrons. The highest BCUT2D eigenvalue weighted by atomic mass is 79.9. The highest BCUT2D eigenvalue weighted by Crippen LogP contribution is 2.38. The van der Waals surface area contributed by atoms with Crippen LogP contribution < -0.4 is 24.4 Å². The Kier molecular flexibility index (Phi) is 10.1. The molecule has 0 saturated carbocycles. The smallest absolute Gasteiger partial charge is 0.338 e. The van der Waals surface area contributed by atoms with Gasteiger partial charge in [-0.15, -0.1) is 0 Å². The second kappa shape index (κ2) is 15.0. The molecule has 1 atom stereocenters. The Hall–Kier alpha value is -5.45. The van der Waals surface area contributed by atoms with E-state index in [4.69, 9.17) is 19.2 Å². The third-order valence-electron chi connectivity index (χ3n) is 8.84. The average molecular weight is 775 g/mol. The number of carbonyl (C=O) groups excluding carboxylic acids is 1. The number of thiazole rings is 1. The number of esters is 1. The van der Waals surface area contributed by atoms with Crippen molar-refractivity contribution < 1.29 is 19.0 Å². The molecule has 0 spiro atoms. The summed E-state index contributed by atoms with van der Waals surface area (Å²) in [6.07, 6.45) is 1.94. The maximum Gasteiger partial charge on any atom is 0.338 e. The topological polar surface area (TPSA) is 84.1 Å². The van der Waals surface area contributed by atoms with Crippen LogP contribution >= 0.6 is 27.3 Å². The molecule has 0 amide bonds. The standard InChI is InChI=1S/C42H36BrN3O5S/c1-5-50-35-24-29(17-22-34(35)49-4)39-37(41(48)51-6-2)26(3)44-42-46(39)40(47)36(52-42)25-30-23-33(27-13-9-7-10-14-27)45(32-20-18-31(43)19-21-32)38(30)28-15-11-8-12-16-28/h7-25,39H,5-6H2,1-4H3/b36-25-/t39-/m1/s1. The lowest BCUT2D eigenvalue weighted by Gasteiger charge is -2.25. The van der Waals surface area contributed by atoms with Crippen LogP contribution in [0.1, 0.15) is 37.9 Å². The molecule has 2 aromatic heterocycles. The number of fused-ring (bicyclic) bond motifs is 1. The van der Waals surface area contributed by atoms with Crippen LogP contribution in [-0.4, -0.2) is 35.4 Å². The van der Waals surface area contributed by atoms with Crippen molar-refractivity contribution in [1.29, 1.82) is 0 Å². The zero-order chi connectivity index (χ0) is 36.4. The molecule has 1 aliphatic heterocycles. The van der Waals surface area contributed by atoms with Gasteiger partial charge in [0.2, 0.25) is 0 Å². The second-order valence-electron chi connectivity index (χ2n) is 12.0. The van der Waals surface area contributed by atoms with Crippen LogP contribution in [0.5, 0.6) is 11.5 Å². The van der Waals surface area contributed by atoms with Crippen LogP contribution in [0.3, 0.4) is 0 Å². The molecule has 0 saturated heterocycles. The second-order valence-corrected chi connectivity index (χ2v) is 13.9. The van der Waals surface area contributed by atoms with Gasteiger partial charge in [0.05, 0.1) is 53.6 Å². The van der Waals surface area contributed by atoms with Gasteiger partial charge in [-0.05, 0) is 86.0 Å². The first-order valence-electron chi connectivity index (χ1n) is 17.0. The number of nitrogens with zero attached hydrogens (tertiary/aromatic N) is 3. The van der Waals surface area contributed by atoms with Crippen LogP contribution in [0.2, 0.25) is 0 Å². The molecule has 7 rings (SSSR count). The van der Waals surface area contributed by atoms with Crippen LogP contribution in [0.25, 0.3) is 34.3 Å². The Morgan fingerprint density at radius 3 is 2.23 bits per heavy atom. The average Bonchev–Trinajstić information content (AvgIpc) is 3.69. The molecule has 1 aliphatic rings. The largest absolute Gasteiger partial charge is 0.493 e. The molecule has 0 N–H and O–H groups in total. The summed E-state index contributed by atoms with van der Waals surface area (Å²) in [5.74, 6) is 0.536. The van der Waals surface area contributed by atoms with Gasteiger partial charge >= 0.3 is 5.97 Å². The van der Waals surface area contributed by atoms with Gasteiger partial charge in [0, 0.05) is 15.7 Å². The summed E-state index contributed by atoms with van der Waals surface area (Å²) in [5.41, 5.74) is 6.95. The number of rotatable bonds is 10. The number of carbonyl (C=O) groups is 1. The van der Waals surface area contributed by atoms with Crippen molar-refractivity contribution in [2.75, 3.05) is 20.3 Å². The third kappa shape index (κ3) is 6.55. The van der Waals surface area contributed by atoms with E-state index in [1.54, 1.807) is 31.6 Å². The minimum absolute atomic E-state index is 0.181. The minimum Gasteiger partial charge on any atom is -0.493 e. The number of hydrogen-bond donors (Lipinski definition) is 0. The fourth-order valence-corrected chi connectivity index (χ4v) is 7.89. The van der Waals surface area contributed by atoms with Gasteiger partial charge in [0.1, 0.15) is 0 Å². The lowest BCUT2D eigenvalue weighted by atomic mass is 9.95. The van der Waals surface area contributed by atoms with Gasteiger partial charge in [0.15, 0.2) is 16.3 Å². The number of hydrogen-bond acceptors (Lipinski definition) is 7. The summed E-state index contributed by atoms with van der Waals surface area (Å²) in [4.78, 5) is 33.6. The van der Waals surface area contributed by atoms with E-state index in [0.717, 1.165) is 38.2 Å². The normalized spacial score (nSPS) is 14.2. The van der Waals surface area contributed by atoms with Crippen LogP contribution in [0, 0.1) is 0 Å². The Morgan fingerprint density at radius 1 is 0.885 bits per heavy atom. The van der Waals surface area contributed by atoms with E-state index in [9.17, 15) is 9.59 Å². The van der Waals surface area contributed by atoms with Gasteiger partial charge in [-0.2, -0.15) is 0 Å². The van der Waals surface area contributed by atoms with Crippen LogP contribution in [0.15, 0.2) is 135 Å². The molecule has 8 nitrogen and oxygen atoms in total. The molecular weight excluding hydrogens is 738 g/mol. The monoisotopic (exact) mass is 773 g/mol. The first kappa shape index (κ1) is 35.0. The van der Waals surface area contributed by atoms with E-state index >= 15 is 0 Å². The zero-order valence-electron chi connectivity index (χ0n) is 29.1. The van der Waals surface area contributed by atoms with E-state index in [1.807, 2.05) is 73.7 Å². The van der Waals surface area contributed by atoms with Crippen molar-refractivity contribution in [2.45, 2.75) is 26.8 Å². The number of ether oxygens (including phenoxy) is 3. The maximum atomic E-state index is 14.7. The van der Waals surface area contributed by atoms with Crippen molar-refractivity contribution in [2.24, 2.45) is 4.99 Å². The van der Waals surface area contributed by atoms with Gasteiger partial charge in [-0.1, -0.05) is 94.0 Å². The van der Waals surface area contributed by atoms with Crippen molar-refractivity contribution in [3.63, 3.8) is 0 Å². The van der Waals surface area contributed by atoms with Crippen LogP contribution in [-0.2, 0) is 9.53 Å². The molecule has 52 heavy (non-hydrogen) atoms. The zero-order valence-corrected chi connectivity index (χ0v) is 31.5. The summed E-state index contributed by atoms with van der Waals surface area (Å²) in [7, 11) is 1.58. The molecule has 0 bridgehead atoms. The highest BCUT2D eigenvalue weighted by Gasteiger charge is 2.34. The fourth-order valence-electron chi connectivity index (χ4n) is 6.59. The predicted octanol–water partition coefficient (Wildman–Crippen LogP) is 8.09. The van der Waals surface area contributed by atoms with Crippen LogP contribution in [0.4, 0.5) is 0 Å². The first-order chi connectivity index (χ1) is 25.3. The molecule has 0 radical (unpaired) electrons. The highest BCUT2D eigenvalue weighted by molar-refractivity contribution is 9.10. The Morgan fingerprint density at radius 2 is 1.58 bits per heavy atom. The molecule has 0 unspecified atom stereocenters. The van der Waals surface area contributed by atoms with E-state index in [0.29, 0.717) is 44.3 Å². The number of benzene rings is 4. The summed E-state index contributed by atoms with van der Waals surface area (Å²) < 4.78 is 22.2. The quantitative estimate of drug-likeness (QED) is 0.132. The van der Waals surface area contributed by atoms with E-state index < -0.39 is 12.0 Å². The number of aromatic nitrogens is 2. The minimum atomic E-state index is -0.802. The molecular formula is C42H36BrN3O5S. The van der Waals surface area contributed by atoms with Crippen molar-refractivity contribution in [3.05, 3.63) is 156 Å². The Bertz CT molecular complexity index is 2480. The molecule has 3 heterocycles. The van der Waals surface area contributed by atoms with Crippen molar-refractivity contribution in [1.82, 2.24) is 9.13 Å². The molecule has 6 aromatic rings. The summed E-state index contributed by atoms with van der Waals surface area (Å²) in [6.45, 7) is 6.02. The van der Waals surface area contributed by atoms with E-state index in [1.165, 1.54) is 11.3 Å². The van der Waals surface area contributed by atoms with E-state index in [2.05, 4.69) is 63.0 Å². The maximum absolute atomic E-state index is 14.7. The summed E-state index contributed by atoms with van der Waals surface area (Å²) in [6, 6.07) is 35.4. The Labute approximate surface area is 313 Å². The van der Waals surface area contributed by atoms with Gasteiger partial charge in [-0.25, -0.2) is 9.79 Å². The third-order valence-corrected chi connectivity index (χ3v) is 10.4. The fraction of sp³-hybridized carbons (Fsp3) is 0.167. The summed E-state index contributed by atoms with van der Waals surface area (Å²) >= 11 is 4.88. The summed E-state index contributed by atoms with van der Waals surface area (Å²) in [5, 5.41) is 0. The molecule has 4 aromatic carbocycles. The Balaban J connectivity index is 1.50. The predicted molar refractivity (Wildman–Crippen MR) is 209 cm³/mol. The first-order valence-corrected chi connectivity index (χ1v) is 18.6. The molecule has 0 aliphatic carbocycles. The lowest BCUT2D eigenvalue weighted by molar-refractivity contribution is -0.139. The number of allylic oxidation sites excluding steroid dienone is 1. The number of halogens is 1. The van der Waals surface area contributed by atoms with E-state index in [-0.39, 0.29) is 12.2 Å². The van der Waals surface area contributed by atoms with Gasteiger partial charge < -0.3 is 18.8 Å². The van der Waals surface area contributed by atoms with Crippen molar-refractivity contribution in [3.8, 4) is 39.7 Å². The van der Waals surface area contributed by atoms with Gasteiger partial charge in [0.25, 0.3) is 5.56 Å². The van der Waals surface area contributed by atoms with Crippen molar-refractivity contribution >= 4 is 39.3 Å². The van der Waals surface area contributed by atoms with Gasteiger partial charge in [-0.3, -0.25) is 9.36 Å². The SMILES string of the molecule is CCOC(=O)C1=C(C)N=c2s/c(=C\c3cc(-c4ccccc4)n(-c4ccc(Br)cc4)c3-c3ccccc3)c(=O)n2[C@@H]1c1ccc(OC)c(OCC)c1. The molecule has 10 heteroatoms. The number of methoxy groups -OCH3 is 1. The lowest BCUT2D eigenvalue weighted by Crippen LogP contribution is -2.40. The molecule has 0 fully saturated rings.